The lowest BCUT2D eigenvalue weighted by Gasteiger charge is -2.30. The minimum atomic E-state index is -0.219. The van der Waals surface area contributed by atoms with E-state index >= 15 is 0 Å². The Morgan fingerprint density at radius 1 is 0.840 bits per heavy atom. The van der Waals surface area contributed by atoms with Crippen LogP contribution in [0, 0.1) is 11.8 Å². The van der Waals surface area contributed by atoms with Gasteiger partial charge in [-0.05, 0) is 80.2 Å². The van der Waals surface area contributed by atoms with Gasteiger partial charge in [0, 0.05) is 12.8 Å². The van der Waals surface area contributed by atoms with Crippen LogP contribution in [0.4, 0.5) is 4.39 Å². The second kappa shape index (κ2) is 9.50. The SMILES string of the molecule is O=C1CCC(CCC2CCC(c3ccc(CCCF)cc3)CC2)CC1. The molecule has 0 radical (unpaired) electrons. The topological polar surface area (TPSA) is 17.1 Å². The zero-order valence-electron chi connectivity index (χ0n) is 15.5. The molecule has 0 unspecified atom stereocenters. The molecule has 2 saturated carbocycles. The van der Waals surface area contributed by atoms with Gasteiger partial charge in [-0.25, -0.2) is 0 Å². The van der Waals surface area contributed by atoms with Crippen LogP contribution in [0.1, 0.15) is 87.7 Å². The Labute approximate surface area is 152 Å². The van der Waals surface area contributed by atoms with E-state index < -0.39 is 0 Å². The monoisotopic (exact) mass is 344 g/mol. The molecule has 0 heterocycles. The van der Waals surface area contributed by atoms with E-state index in [1.807, 2.05) is 0 Å². The van der Waals surface area contributed by atoms with Gasteiger partial charge in [0.05, 0.1) is 6.67 Å². The van der Waals surface area contributed by atoms with Gasteiger partial charge in [-0.1, -0.05) is 37.1 Å². The lowest BCUT2D eigenvalue weighted by Crippen LogP contribution is -2.17. The molecule has 2 aliphatic rings. The highest BCUT2D eigenvalue weighted by molar-refractivity contribution is 5.78. The van der Waals surface area contributed by atoms with E-state index in [0.717, 1.165) is 49.9 Å². The summed E-state index contributed by atoms with van der Waals surface area (Å²) in [5.41, 5.74) is 2.74. The fraction of sp³-hybridized carbons (Fsp3) is 0.696. The van der Waals surface area contributed by atoms with Gasteiger partial charge in [0.15, 0.2) is 0 Å². The fourth-order valence-electron chi connectivity index (χ4n) is 4.77. The zero-order chi connectivity index (χ0) is 17.5. The first-order chi connectivity index (χ1) is 12.2. The number of aryl methyl sites for hydroxylation is 1. The number of rotatable bonds is 7. The van der Waals surface area contributed by atoms with Crippen molar-refractivity contribution in [3.63, 3.8) is 0 Å². The third-order valence-electron chi connectivity index (χ3n) is 6.54. The Balaban J connectivity index is 1.38. The molecule has 1 nitrogen and oxygen atoms in total. The minimum absolute atomic E-state index is 0.219. The van der Waals surface area contributed by atoms with Crippen LogP contribution in [0.25, 0.3) is 0 Å². The van der Waals surface area contributed by atoms with Crippen LogP contribution in [0.2, 0.25) is 0 Å². The van der Waals surface area contributed by atoms with Crippen molar-refractivity contribution < 1.29 is 9.18 Å². The average Bonchev–Trinajstić information content (AvgIpc) is 2.67. The quantitative estimate of drug-likeness (QED) is 0.559. The Morgan fingerprint density at radius 3 is 2.04 bits per heavy atom. The highest BCUT2D eigenvalue weighted by Crippen LogP contribution is 2.39. The Bertz CT molecular complexity index is 518. The molecule has 0 atom stereocenters. The smallest absolute Gasteiger partial charge is 0.132 e. The van der Waals surface area contributed by atoms with E-state index in [-0.39, 0.29) is 6.67 Å². The van der Waals surface area contributed by atoms with E-state index in [1.165, 1.54) is 49.7 Å². The summed E-state index contributed by atoms with van der Waals surface area (Å²) in [5.74, 6) is 2.91. The second-order valence-electron chi connectivity index (χ2n) is 8.31. The summed E-state index contributed by atoms with van der Waals surface area (Å²) < 4.78 is 12.3. The molecule has 0 bridgehead atoms. The first-order valence-corrected chi connectivity index (χ1v) is 10.4. The Hall–Kier alpha value is -1.18. The molecule has 0 saturated heterocycles. The maximum absolute atomic E-state index is 12.3. The zero-order valence-corrected chi connectivity index (χ0v) is 15.5. The molecule has 2 fully saturated rings. The van der Waals surface area contributed by atoms with Gasteiger partial charge >= 0.3 is 0 Å². The molecule has 2 heteroatoms. The molecule has 1 aromatic rings. The maximum Gasteiger partial charge on any atom is 0.132 e. The van der Waals surface area contributed by atoms with Crippen molar-refractivity contribution in [1.29, 1.82) is 0 Å². The summed E-state index contributed by atoms with van der Waals surface area (Å²) in [4.78, 5) is 11.3. The molecule has 25 heavy (non-hydrogen) atoms. The van der Waals surface area contributed by atoms with Crippen LogP contribution in [-0.2, 0) is 11.2 Å². The molecule has 138 valence electrons. The molecule has 0 aliphatic heterocycles. The standard InChI is InChI=1S/C23H33FO/c24-17-1-2-18-5-11-21(12-6-18)22-13-7-19(8-14-22)3-4-20-9-15-23(25)16-10-20/h5-6,11-12,19-20,22H,1-4,7-10,13-17H2. The largest absolute Gasteiger partial charge is 0.300 e. The van der Waals surface area contributed by atoms with Gasteiger partial charge in [-0.2, -0.15) is 0 Å². The molecule has 1 aromatic carbocycles. The van der Waals surface area contributed by atoms with Crippen molar-refractivity contribution in [2.24, 2.45) is 11.8 Å². The van der Waals surface area contributed by atoms with Crippen molar-refractivity contribution in [3.8, 4) is 0 Å². The van der Waals surface area contributed by atoms with E-state index in [0.29, 0.717) is 12.2 Å². The van der Waals surface area contributed by atoms with Crippen molar-refractivity contribution in [1.82, 2.24) is 0 Å². The molecule has 2 aliphatic carbocycles. The molecule has 0 spiro atoms. The summed E-state index contributed by atoms with van der Waals surface area (Å²) in [6, 6.07) is 8.94. The van der Waals surface area contributed by atoms with Crippen molar-refractivity contribution >= 4 is 5.78 Å². The van der Waals surface area contributed by atoms with Gasteiger partial charge in [0.1, 0.15) is 5.78 Å². The van der Waals surface area contributed by atoms with Crippen molar-refractivity contribution in [3.05, 3.63) is 35.4 Å². The van der Waals surface area contributed by atoms with Crippen LogP contribution in [0.15, 0.2) is 24.3 Å². The first-order valence-electron chi connectivity index (χ1n) is 10.4. The van der Waals surface area contributed by atoms with Crippen LogP contribution in [-0.4, -0.2) is 12.5 Å². The van der Waals surface area contributed by atoms with E-state index in [4.69, 9.17) is 0 Å². The molecular formula is C23H33FO. The number of carbonyl (C=O) groups is 1. The fourth-order valence-corrected chi connectivity index (χ4v) is 4.77. The minimum Gasteiger partial charge on any atom is -0.300 e. The third kappa shape index (κ3) is 5.66. The molecule has 0 N–H and O–H groups in total. The second-order valence-corrected chi connectivity index (χ2v) is 8.31. The lowest BCUT2D eigenvalue weighted by molar-refractivity contribution is -0.121. The number of halogens is 1. The summed E-state index contributed by atoms with van der Waals surface area (Å²) in [7, 11) is 0. The Kier molecular flexibility index (Phi) is 7.07. The lowest BCUT2D eigenvalue weighted by atomic mass is 9.75. The van der Waals surface area contributed by atoms with Gasteiger partial charge in [-0.15, -0.1) is 0 Å². The number of hydrogen-bond acceptors (Lipinski definition) is 1. The van der Waals surface area contributed by atoms with E-state index in [1.54, 1.807) is 0 Å². The molecule has 0 aromatic heterocycles. The molecule has 3 rings (SSSR count). The molecule has 0 amide bonds. The van der Waals surface area contributed by atoms with Gasteiger partial charge in [-0.3, -0.25) is 9.18 Å². The van der Waals surface area contributed by atoms with E-state index in [2.05, 4.69) is 24.3 Å². The summed E-state index contributed by atoms with van der Waals surface area (Å²) in [6.07, 6.45) is 13.5. The number of carbonyl (C=O) groups excluding carboxylic acids is 1. The van der Waals surface area contributed by atoms with Crippen LogP contribution in [0.5, 0.6) is 0 Å². The number of benzene rings is 1. The van der Waals surface area contributed by atoms with Crippen LogP contribution >= 0.6 is 0 Å². The van der Waals surface area contributed by atoms with Gasteiger partial charge in [0.25, 0.3) is 0 Å². The van der Waals surface area contributed by atoms with Crippen LogP contribution < -0.4 is 0 Å². The average molecular weight is 345 g/mol. The Morgan fingerprint density at radius 2 is 1.44 bits per heavy atom. The van der Waals surface area contributed by atoms with Crippen LogP contribution in [0.3, 0.4) is 0 Å². The summed E-state index contributed by atoms with van der Waals surface area (Å²) in [5, 5.41) is 0. The number of Topliss-reactive ketones (excluding diaryl/α,β-unsaturated/α-hetero) is 1. The predicted octanol–water partition coefficient (Wildman–Crippen LogP) is 6.40. The summed E-state index contributed by atoms with van der Waals surface area (Å²) >= 11 is 0. The van der Waals surface area contributed by atoms with Gasteiger partial charge < -0.3 is 0 Å². The summed E-state index contributed by atoms with van der Waals surface area (Å²) in [6.45, 7) is -0.219. The normalized spacial score (nSPS) is 25.2. The molecular weight excluding hydrogens is 311 g/mol. The first kappa shape index (κ1) is 18.6. The number of ketones is 1. The highest BCUT2D eigenvalue weighted by Gasteiger charge is 2.24. The number of hydrogen-bond donors (Lipinski definition) is 0. The van der Waals surface area contributed by atoms with Crippen molar-refractivity contribution in [2.45, 2.75) is 83.0 Å². The van der Waals surface area contributed by atoms with Crippen molar-refractivity contribution in [2.75, 3.05) is 6.67 Å². The predicted molar refractivity (Wildman–Crippen MR) is 102 cm³/mol. The van der Waals surface area contributed by atoms with E-state index in [9.17, 15) is 9.18 Å². The third-order valence-corrected chi connectivity index (χ3v) is 6.54. The maximum atomic E-state index is 12.3. The highest BCUT2D eigenvalue weighted by atomic mass is 19.1. The van der Waals surface area contributed by atoms with Gasteiger partial charge in [0.2, 0.25) is 0 Å². The number of alkyl halides is 1.